The number of hydrogen-bond acceptors (Lipinski definition) is 12. The van der Waals surface area contributed by atoms with Crippen molar-refractivity contribution in [3.05, 3.63) is 0 Å². The van der Waals surface area contributed by atoms with Gasteiger partial charge < -0.3 is 28.4 Å². The van der Waals surface area contributed by atoms with Crippen LogP contribution < -0.4 is 0 Å². The van der Waals surface area contributed by atoms with Crippen LogP contribution in [0.15, 0.2) is 0 Å². The number of ether oxygens (including phenoxy) is 6. The minimum absolute atomic E-state index is 0.00116. The first kappa shape index (κ1) is 81.8. The smallest absolute Gasteiger partial charge is 0.312 e. The topological polar surface area (TPSA) is 158 Å². The van der Waals surface area contributed by atoms with Crippen LogP contribution in [0.4, 0.5) is 0 Å². The molecular weight excluding hydrogens is 1070 g/mol. The van der Waals surface area contributed by atoms with Gasteiger partial charge in [0.15, 0.2) is 0 Å². The lowest BCUT2D eigenvalue weighted by Gasteiger charge is -2.38. The van der Waals surface area contributed by atoms with Crippen LogP contribution in [-0.4, -0.2) is 69.4 Å². The molecule has 3 unspecified atom stereocenters. The molecule has 0 spiro atoms. The molecule has 0 aliphatic heterocycles. The summed E-state index contributed by atoms with van der Waals surface area (Å²) in [5.41, 5.74) is -2.06. The summed E-state index contributed by atoms with van der Waals surface area (Å²) < 4.78 is 33.8. The average molecular weight is 1210 g/mol. The standard InChI is InChI=1S/C14H26O2.2C13H24O2.C12H22O2.C11H20O2.C10H20O2/c1-5-13(3,4)12(15)16-14(6-2)10-8-7-9-11-14;1-5-12(3,4)11(14)15-13(6-2)9-7-8-10-13;1-4-11(3)12(14)15-13(5-2)9-7-6-8-10-13;1-4-10(3)11(13)14-12(5-2)8-6-7-9-12;1-4-9(2)10(12)13-11(3)7-5-6-8-11;1-7-10(5,6)8(11)12-9(2,3)4/h5-11H2,1-4H3;5-10H2,1-4H3;11H,4-10H2,1-3H3;10H,4-9H2,1-3H3;9H,4-8H2,1-3H3;7H2,1-6H3. The number of carbonyl (C=O) groups excluding carboxylic acids is 6. The van der Waals surface area contributed by atoms with E-state index in [1.165, 1.54) is 77.0 Å². The van der Waals surface area contributed by atoms with Crippen LogP contribution in [0.25, 0.3) is 0 Å². The van der Waals surface area contributed by atoms with E-state index in [0.717, 1.165) is 128 Å². The van der Waals surface area contributed by atoms with Gasteiger partial charge in [0.1, 0.15) is 33.6 Å². The predicted octanol–water partition coefficient (Wildman–Crippen LogP) is 20.4. The van der Waals surface area contributed by atoms with Gasteiger partial charge in [0, 0.05) is 0 Å². The molecule has 5 fully saturated rings. The lowest BCUT2D eigenvalue weighted by atomic mass is 9.82. The molecule has 85 heavy (non-hydrogen) atoms. The largest absolute Gasteiger partial charge is 0.460 e. The number of carbonyl (C=O) groups is 6. The maximum Gasteiger partial charge on any atom is 0.312 e. The average Bonchev–Trinajstić information content (AvgIpc) is 4.49. The summed E-state index contributed by atoms with van der Waals surface area (Å²) in [6.07, 6.45) is 34.1. The van der Waals surface area contributed by atoms with E-state index < -0.39 is 0 Å². The summed E-state index contributed by atoms with van der Waals surface area (Å²) in [6, 6.07) is 0. The summed E-state index contributed by atoms with van der Waals surface area (Å²) in [7, 11) is 0. The summed E-state index contributed by atoms with van der Waals surface area (Å²) in [4.78, 5) is 70.6. The Morgan fingerprint density at radius 2 is 0.553 bits per heavy atom. The van der Waals surface area contributed by atoms with Crippen molar-refractivity contribution >= 4 is 35.8 Å². The Morgan fingerprint density at radius 3 is 0.788 bits per heavy atom. The molecule has 0 bridgehead atoms. The van der Waals surface area contributed by atoms with Gasteiger partial charge in [-0.05, 0) is 262 Å². The molecule has 0 aromatic rings. The molecule has 0 aromatic carbocycles. The first-order valence-electron chi connectivity index (χ1n) is 34.8. The van der Waals surface area contributed by atoms with Gasteiger partial charge in [-0.25, -0.2) is 0 Å². The van der Waals surface area contributed by atoms with Gasteiger partial charge in [-0.15, -0.1) is 0 Å². The third-order valence-electron chi connectivity index (χ3n) is 20.1. The summed E-state index contributed by atoms with van der Waals surface area (Å²) >= 11 is 0. The molecule has 3 atom stereocenters. The zero-order valence-corrected chi connectivity index (χ0v) is 59.8. The molecule has 12 heteroatoms. The van der Waals surface area contributed by atoms with Gasteiger partial charge in [0.25, 0.3) is 0 Å². The first-order chi connectivity index (χ1) is 39.4. The molecule has 0 amide bonds. The van der Waals surface area contributed by atoms with E-state index in [9.17, 15) is 28.8 Å². The highest BCUT2D eigenvalue weighted by atomic mass is 16.6. The van der Waals surface area contributed by atoms with Crippen LogP contribution in [0.5, 0.6) is 0 Å². The number of hydrogen-bond donors (Lipinski definition) is 0. The number of rotatable bonds is 21. The maximum absolute atomic E-state index is 12.1. The summed E-state index contributed by atoms with van der Waals surface area (Å²) in [5.74, 6) is -0.0128. The van der Waals surface area contributed by atoms with Crippen molar-refractivity contribution in [2.24, 2.45) is 34.0 Å². The highest BCUT2D eigenvalue weighted by Gasteiger charge is 2.42. The third-order valence-corrected chi connectivity index (χ3v) is 20.1. The van der Waals surface area contributed by atoms with E-state index >= 15 is 0 Å². The van der Waals surface area contributed by atoms with Crippen LogP contribution >= 0.6 is 0 Å². The molecule has 0 heterocycles. The minimum Gasteiger partial charge on any atom is -0.460 e. The molecule has 0 saturated heterocycles. The van der Waals surface area contributed by atoms with Crippen molar-refractivity contribution in [3.8, 4) is 0 Å². The van der Waals surface area contributed by atoms with Crippen molar-refractivity contribution in [2.45, 2.75) is 398 Å². The van der Waals surface area contributed by atoms with E-state index in [4.69, 9.17) is 28.4 Å². The van der Waals surface area contributed by atoms with E-state index in [1.54, 1.807) is 0 Å². The van der Waals surface area contributed by atoms with Crippen LogP contribution in [0.1, 0.15) is 365 Å². The number of esters is 6. The normalized spacial score (nSPS) is 20.2. The van der Waals surface area contributed by atoms with E-state index in [1.807, 2.05) is 125 Å². The molecule has 5 aliphatic rings. The van der Waals surface area contributed by atoms with E-state index in [2.05, 4.69) is 34.6 Å². The Morgan fingerprint density at radius 1 is 0.329 bits per heavy atom. The van der Waals surface area contributed by atoms with Crippen LogP contribution in [-0.2, 0) is 57.2 Å². The minimum atomic E-state index is -0.372. The fourth-order valence-corrected chi connectivity index (χ4v) is 10.8. The fourth-order valence-electron chi connectivity index (χ4n) is 10.8. The zero-order valence-electron chi connectivity index (χ0n) is 59.8. The van der Waals surface area contributed by atoms with E-state index in [-0.39, 0.29) is 103 Å². The Balaban J connectivity index is 0.000000999. The highest BCUT2D eigenvalue weighted by Crippen LogP contribution is 2.41. The van der Waals surface area contributed by atoms with Gasteiger partial charge in [-0.1, -0.05) is 103 Å². The van der Waals surface area contributed by atoms with Crippen molar-refractivity contribution in [3.63, 3.8) is 0 Å². The third kappa shape index (κ3) is 29.3. The molecule has 0 aromatic heterocycles. The molecule has 12 nitrogen and oxygen atoms in total. The fraction of sp³-hybridized carbons (Fsp3) is 0.918. The molecule has 5 aliphatic carbocycles. The zero-order chi connectivity index (χ0) is 65.6. The van der Waals surface area contributed by atoms with E-state index in [0.29, 0.717) is 0 Å². The summed E-state index contributed by atoms with van der Waals surface area (Å²) in [6.45, 7) is 45.9. The van der Waals surface area contributed by atoms with Crippen molar-refractivity contribution in [1.82, 2.24) is 0 Å². The summed E-state index contributed by atoms with van der Waals surface area (Å²) in [5, 5.41) is 0. The molecule has 5 saturated carbocycles. The monoisotopic (exact) mass is 1210 g/mol. The first-order valence-corrected chi connectivity index (χ1v) is 34.8. The molecule has 500 valence electrons. The van der Waals surface area contributed by atoms with Crippen molar-refractivity contribution < 1.29 is 57.2 Å². The van der Waals surface area contributed by atoms with Crippen LogP contribution in [0.3, 0.4) is 0 Å². The SMILES string of the molecule is CCC(C)(C)C(=O)OC(C)(C)C.CCC(C)C(=O)OC1(C)CCCC1.CCC(C)C(=O)OC1(CC)CCCC1.CCC(C)C(=O)OC1(CC)CCCCC1.CCC1(OC(=O)C(C)(C)CC)CCCC1.CCC1(OC(=O)C(C)(C)CC)CCCCC1. The lowest BCUT2D eigenvalue weighted by molar-refractivity contribution is -0.175. The maximum atomic E-state index is 12.1. The Bertz CT molecular complexity index is 1910. The Kier molecular flexibility index (Phi) is 37.0. The Hall–Kier alpha value is -3.18. The quantitative estimate of drug-likeness (QED) is 0.0792. The Labute approximate surface area is 523 Å². The molecule has 0 radical (unpaired) electrons. The second kappa shape index (κ2) is 38.4. The van der Waals surface area contributed by atoms with Crippen molar-refractivity contribution in [1.29, 1.82) is 0 Å². The van der Waals surface area contributed by atoms with Crippen LogP contribution in [0, 0.1) is 34.0 Å². The van der Waals surface area contributed by atoms with Crippen molar-refractivity contribution in [2.75, 3.05) is 0 Å². The predicted molar refractivity (Wildman–Crippen MR) is 349 cm³/mol. The van der Waals surface area contributed by atoms with Gasteiger partial charge >= 0.3 is 35.8 Å². The second-order valence-corrected chi connectivity index (χ2v) is 29.5. The van der Waals surface area contributed by atoms with Gasteiger partial charge in [0.05, 0.1) is 34.0 Å². The molecule has 0 N–H and O–H groups in total. The van der Waals surface area contributed by atoms with Gasteiger partial charge in [-0.2, -0.15) is 0 Å². The molecular formula is C73H136O12. The highest BCUT2D eigenvalue weighted by molar-refractivity contribution is 5.77. The second-order valence-electron chi connectivity index (χ2n) is 29.5. The van der Waals surface area contributed by atoms with Gasteiger partial charge in [0.2, 0.25) is 0 Å². The van der Waals surface area contributed by atoms with Crippen LogP contribution in [0.2, 0.25) is 0 Å². The lowest BCUT2D eigenvalue weighted by Crippen LogP contribution is -2.40. The van der Waals surface area contributed by atoms with Gasteiger partial charge in [-0.3, -0.25) is 28.8 Å². The molecule has 5 rings (SSSR count).